The molecule has 0 aliphatic carbocycles. The fraction of sp³-hybridized carbons (Fsp3) is 0.368. The number of carbonyl (C=O) groups is 2. The second-order valence-corrected chi connectivity index (χ2v) is 8.05. The van der Waals surface area contributed by atoms with Gasteiger partial charge in [-0.3, -0.25) is 19.7 Å². The molecule has 1 aromatic heterocycles. The molecule has 2 N–H and O–H groups in total. The molecule has 0 aliphatic rings. The van der Waals surface area contributed by atoms with Crippen LogP contribution in [0.5, 0.6) is 0 Å². The molecule has 0 aliphatic heterocycles. The molecule has 2 aromatic rings. The van der Waals surface area contributed by atoms with E-state index in [0.717, 1.165) is 11.6 Å². The van der Waals surface area contributed by atoms with Gasteiger partial charge in [-0.25, -0.2) is 0 Å². The van der Waals surface area contributed by atoms with Crippen LogP contribution in [0.25, 0.3) is 0 Å². The number of hydrogen-bond acceptors (Lipinski definition) is 5. The summed E-state index contributed by atoms with van der Waals surface area (Å²) in [6, 6.07) is 4.75. The van der Waals surface area contributed by atoms with Crippen LogP contribution in [0.1, 0.15) is 36.7 Å². The second-order valence-electron chi connectivity index (χ2n) is 6.86. The van der Waals surface area contributed by atoms with Crippen molar-refractivity contribution in [2.45, 2.75) is 39.3 Å². The van der Waals surface area contributed by atoms with E-state index in [1.54, 1.807) is 11.3 Å². The highest BCUT2D eigenvalue weighted by molar-refractivity contribution is 7.07. The van der Waals surface area contributed by atoms with Crippen molar-refractivity contribution in [3.63, 3.8) is 0 Å². The number of nitrogens with one attached hydrogen (secondary N) is 2. The second kappa shape index (κ2) is 9.66. The van der Waals surface area contributed by atoms with Crippen molar-refractivity contribution in [3.8, 4) is 0 Å². The first-order chi connectivity index (χ1) is 13.2. The number of carbonyl (C=O) groups excluding carboxylic acids is 2. The lowest BCUT2D eigenvalue weighted by molar-refractivity contribution is -0.384. The minimum Gasteiger partial charge on any atom is -0.352 e. The van der Waals surface area contributed by atoms with Crippen LogP contribution in [0.2, 0.25) is 5.02 Å². The van der Waals surface area contributed by atoms with Crippen molar-refractivity contribution in [3.05, 3.63) is 61.3 Å². The summed E-state index contributed by atoms with van der Waals surface area (Å²) in [4.78, 5) is 35.4. The molecule has 2 unspecified atom stereocenters. The van der Waals surface area contributed by atoms with Crippen molar-refractivity contribution in [2.24, 2.45) is 5.92 Å². The maximum atomic E-state index is 12.7. The zero-order chi connectivity index (χ0) is 20.8. The Labute approximate surface area is 172 Å². The van der Waals surface area contributed by atoms with Gasteiger partial charge in [0.05, 0.1) is 15.5 Å². The lowest BCUT2D eigenvalue weighted by Gasteiger charge is -2.24. The molecule has 1 heterocycles. The molecule has 0 saturated carbocycles. The van der Waals surface area contributed by atoms with Gasteiger partial charge in [0.15, 0.2) is 0 Å². The zero-order valence-corrected chi connectivity index (χ0v) is 17.3. The first-order valence-electron chi connectivity index (χ1n) is 8.75. The van der Waals surface area contributed by atoms with E-state index in [9.17, 15) is 19.7 Å². The van der Waals surface area contributed by atoms with Crippen molar-refractivity contribution >= 4 is 40.4 Å². The van der Waals surface area contributed by atoms with Crippen LogP contribution < -0.4 is 10.6 Å². The van der Waals surface area contributed by atoms with E-state index in [0.29, 0.717) is 6.42 Å². The van der Waals surface area contributed by atoms with Crippen LogP contribution in [-0.4, -0.2) is 28.8 Å². The molecule has 0 radical (unpaired) electrons. The van der Waals surface area contributed by atoms with Crippen molar-refractivity contribution in [1.29, 1.82) is 0 Å². The standard InChI is InChI=1S/C19H22ClN3O4S/c1-11(2)17(19(25)21-12(3)8-13-6-7-28-10-13)22-18(24)15-5-4-14(23(26)27)9-16(15)20/h4-7,9-12,17H,8H2,1-3H3,(H,21,25)(H,22,24). The molecule has 1 aromatic carbocycles. The molecule has 0 fully saturated rings. The number of non-ortho nitro benzene ring substituents is 1. The predicted molar refractivity (Wildman–Crippen MR) is 110 cm³/mol. The maximum Gasteiger partial charge on any atom is 0.270 e. The van der Waals surface area contributed by atoms with Gasteiger partial charge in [-0.15, -0.1) is 0 Å². The van der Waals surface area contributed by atoms with Gasteiger partial charge >= 0.3 is 0 Å². The van der Waals surface area contributed by atoms with Crippen molar-refractivity contribution in [1.82, 2.24) is 10.6 Å². The number of amides is 2. The van der Waals surface area contributed by atoms with Gasteiger partial charge in [0.25, 0.3) is 11.6 Å². The average molecular weight is 424 g/mol. The molecule has 7 nitrogen and oxygen atoms in total. The molecule has 28 heavy (non-hydrogen) atoms. The summed E-state index contributed by atoms with van der Waals surface area (Å²) in [6.07, 6.45) is 0.697. The topological polar surface area (TPSA) is 101 Å². The van der Waals surface area contributed by atoms with E-state index in [4.69, 9.17) is 11.6 Å². The lowest BCUT2D eigenvalue weighted by atomic mass is 10.0. The summed E-state index contributed by atoms with van der Waals surface area (Å²) < 4.78 is 0. The van der Waals surface area contributed by atoms with Crippen LogP contribution in [0.3, 0.4) is 0 Å². The first-order valence-corrected chi connectivity index (χ1v) is 10.1. The van der Waals surface area contributed by atoms with E-state index in [1.165, 1.54) is 12.1 Å². The Hall–Kier alpha value is -2.45. The van der Waals surface area contributed by atoms with Gasteiger partial charge in [0.2, 0.25) is 5.91 Å². The van der Waals surface area contributed by atoms with E-state index in [2.05, 4.69) is 10.6 Å². The summed E-state index contributed by atoms with van der Waals surface area (Å²) >= 11 is 7.61. The van der Waals surface area contributed by atoms with Gasteiger partial charge in [-0.1, -0.05) is 25.4 Å². The quantitative estimate of drug-likeness (QED) is 0.497. The zero-order valence-electron chi connectivity index (χ0n) is 15.8. The number of nitro benzene ring substituents is 1. The fourth-order valence-electron chi connectivity index (χ4n) is 2.70. The molecular weight excluding hydrogens is 402 g/mol. The largest absolute Gasteiger partial charge is 0.352 e. The highest BCUT2D eigenvalue weighted by Crippen LogP contribution is 2.22. The summed E-state index contributed by atoms with van der Waals surface area (Å²) in [7, 11) is 0. The van der Waals surface area contributed by atoms with E-state index < -0.39 is 16.9 Å². The van der Waals surface area contributed by atoms with Crippen LogP contribution in [0.15, 0.2) is 35.0 Å². The number of halogens is 1. The van der Waals surface area contributed by atoms with Crippen LogP contribution in [0.4, 0.5) is 5.69 Å². The Bertz CT molecular complexity index is 855. The van der Waals surface area contributed by atoms with E-state index in [-0.39, 0.29) is 34.1 Å². The fourth-order valence-corrected chi connectivity index (χ4v) is 3.64. The highest BCUT2D eigenvalue weighted by atomic mass is 35.5. The Balaban J connectivity index is 2.06. The summed E-state index contributed by atoms with van der Waals surface area (Å²) in [6.45, 7) is 5.55. The molecule has 0 spiro atoms. The van der Waals surface area contributed by atoms with E-state index >= 15 is 0 Å². The summed E-state index contributed by atoms with van der Waals surface area (Å²) in [5, 5.41) is 20.4. The lowest BCUT2D eigenvalue weighted by Crippen LogP contribution is -2.52. The normalized spacial score (nSPS) is 13.0. The van der Waals surface area contributed by atoms with Gasteiger partial charge in [-0.2, -0.15) is 11.3 Å². The van der Waals surface area contributed by atoms with Crippen LogP contribution in [-0.2, 0) is 11.2 Å². The predicted octanol–water partition coefficient (Wildman–Crippen LogP) is 3.81. The van der Waals surface area contributed by atoms with Crippen LogP contribution >= 0.6 is 22.9 Å². The molecule has 0 bridgehead atoms. The minimum atomic E-state index is -0.760. The third kappa shape index (κ3) is 5.77. The summed E-state index contributed by atoms with van der Waals surface area (Å²) in [5.41, 5.74) is 1.01. The molecule has 0 saturated heterocycles. The van der Waals surface area contributed by atoms with Gasteiger partial charge in [0, 0.05) is 18.2 Å². The molecule has 150 valence electrons. The van der Waals surface area contributed by atoms with Gasteiger partial charge in [0.1, 0.15) is 6.04 Å². The number of hydrogen-bond donors (Lipinski definition) is 2. The maximum absolute atomic E-state index is 12.7. The van der Waals surface area contributed by atoms with Crippen LogP contribution in [0, 0.1) is 16.0 Å². The first kappa shape index (κ1) is 21.8. The highest BCUT2D eigenvalue weighted by Gasteiger charge is 2.27. The van der Waals surface area contributed by atoms with E-state index in [1.807, 2.05) is 37.6 Å². The van der Waals surface area contributed by atoms with Crippen molar-refractivity contribution in [2.75, 3.05) is 0 Å². The monoisotopic (exact) mass is 423 g/mol. The molecule has 2 atom stereocenters. The SMILES string of the molecule is CC(Cc1ccsc1)NC(=O)C(NC(=O)c1ccc([N+](=O)[O-])cc1Cl)C(C)C. The third-order valence-electron chi connectivity index (χ3n) is 4.15. The molecule has 2 rings (SSSR count). The molecule has 9 heteroatoms. The molecular formula is C19H22ClN3O4S. The number of nitro groups is 1. The van der Waals surface area contributed by atoms with Gasteiger partial charge < -0.3 is 10.6 Å². The smallest absolute Gasteiger partial charge is 0.270 e. The number of thiophene rings is 1. The third-order valence-corrected chi connectivity index (χ3v) is 5.20. The Morgan fingerprint density at radius 3 is 2.46 bits per heavy atom. The van der Waals surface area contributed by atoms with Crippen molar-refractivity contribution < 1.29 is 14.5 Å². The average Bonchev–Trinajstić information content (AvgIpc) is 3.11. The molecule has 2 amide bonds. The van der Waals surface area contributed by atoms with Gasteiger partial charge in [-0.05, 0) is 47.7 Å². The Morgan fingerprint density at radius 1 is 1.21 bits per heavy atom. The number of nitrogens with zero attached hydrogens (tertiary/aromatic N) is 1. The Morgan fingerprint density at radius 2 is 1.93 bits per heavy atom. The summed E-state index contributed by atoms with van der Waals surface area (Å²) in [5.74, 6) is -1.00. The minimum absolute atomic E-state index is 0.0413. The Kier molecular flexibility index (Phi) is 7.53. The number of benzene rings is 1. The number of rotatable bonds is 8.